The Morgan fingerprint density at radius 1 is 0.756 bits per heavy atom. The number of amides is 2. The third-order valence-electron chi connectivity index (χ3n) is 8.14. The maximum absolute atomic E-state index is 14.5. The van der Waals surface area contributed by atoms with Crippen molar-refractivity contribution in [3.8, 4) is 0 Å². The molecule has 0 aromatic heterocycles. The van der Waals surface area contributed by atoms with Gasteiger partial charge in [-0.05, 0) is 60.4 Å². The first kappa shape index (κ1) is 32.3. The van der Waals surface area contributed by atoms with Gasteiger partial charge in [-0.1, -0.05) is 110 Å². The zero-order valence-corrected chi connectivity index (χ0v) is 26.7. The molecule has 0 heterocycles. The van der Waals surface area contributed by atoms with Crippen LogP contribution in [0.25, 0.3) is 0 Å². The quantitative estimate of drug-likeness (QED) is 0.188. The van der Waals surface area contributed by atoms with Crippen molar-refractivity contribution in [2.24, 2.45) is 0 Å². The molecule has 0 bridgehead atoms. The average molecular weight is 644 g/mol. The Bertz CT molecular complexity index is 1650. The second kappa shape index (κ2) is 15.2. The van der Waals surface area contributed by atoms with Crippen LogP contribution in [0.4, 0.5) is 5.69 Å². The molecule has 0 aliphatic heterocycles. The summed E-state index contributed by atoms with van der Waals surface area (Å²) in [6.07, 6.45) is 5.30. The fraction of sp³-hybridized carbons (Fsp3) is 0.278. The second-order valence-electron chi connectivity index (χ2n) is 11.4. The Morgan fingerprint density at radius 2 is 1.33 bits per heavy atom. The van der Waals surface area contributed by atoms with Crippen molar-refractivity contribution in [1.29, 1.82) is 0 Å². The number of nitrogens with zero attached hydrogens (tertiary/aromatic N) is 2. The van der Waals surface area contributed by atoms with E-state index in [9.17, 15) is 18.0 Å². The van der Waals surface area contributed by atoms with Gasteiger partial charge < -0.3 is 10.2 Å². The van der Waals surface area contributed by atoms with Crippen LogP contribution in [-0.2, 0) is 32.6 Å². The summed E-state index contributed by atoms with van der Waals surface area (Å²) in [5, 5.41) is 3.78. The molecule has 0 saturated heterocycles. The van der Waals surface area contributed by atoms with Crippen molar-refractivity contribution in [3.63, 3.8) is 0 Å². The van der Waals surface area contributed by atoms with Gasteiger partial charge in [0.15, 0.2) is 0 Å². The number of benzene rings is 4. The van der Waals surface area contributed by atoms with Gasteiger partial charge in [-0.3, -0.25) is 13.9 Å². The van der Waals surface area contributed by atoms with Gasteiger partial charge >= 0.3 is 0 Å². The number of nitrogens with one attached hydrogen (secondary N) is 1. The number of hydrogen-bond acceptors (Lipinski definition) is 4. The van der Waals surface area contributed by atoms with Gasteiger partial charge in [-0.15, -0.1) is 0 Å². The minimum atomic E-state index is -4.12. The minimum Gasteiger partial charge on any atom is -0.352 e. The van der Waals surface area contributed by atoms with Crippen LogP contribution in [-0.4, -0.2) is 43.8 Å². The molecule has 1 fully saturated rings. The molecule has 1 atom stereocenters. The molecule has 1 saturated carbocycles. The van der Waals surface area contributed by atoms with E-state index in [0.717, 1.165) is 47.5 Å². The summed E-state index contributed by atoms with van der Waals surface area (Å²) < 4.78 is 29.1. The maximum Gasteiger partial charge on any atom is 0.264 e. The van der Waals surface area contributed by atoms with Gasteiger partial charge in [0, 0.05) is 24.0 Å². The van der Waals surface area contributed by atoms with Crippen molar-refractivity contribution in [1.82, 2.24) is 10.2 Å². The van der Waals surface area contributed by atoms with E-state index in [1.165, 1.54) is 17.0 Å². The van der Waals surface area contributed by atoms with Gasteiger partial charge in [0.2, 0.25) is 11.8 Å². The predicted octanol–water partition coefficient (Wildman–Crippen LogP) is 6.62. The number of hydrogen-bond donors (Lipinski definition) is 1. The van der Waals surface area contributed by atoms with E-state index in [1.807, 2.05) is 42.5 Å². The summed E-state index contributed by atoms with van der Waals surface area (Å²) in [7, 11) is -4.12. The highest BCUT2D eigenvalue weighted by Crippen LogP contribution is 2.25. The lowest BCUT2D eigenvalue weighted by Crippen LogP contribution is -2.55. The lowest BCUT2D eigenvalue weighted by molar-refractivity contribution is -0.140. The molecule has 4 aromatic carbocycles. The molecule has 4 aromatic rings. The van der Waals surface area contributed by atoms with Crippen LogP contribution < -0.4 is 9.62 Å². The smallest absolute Gasteiger partial charge is 0.264 e. The fourth-order valence-electron chi connectivity index (χ4n) is 5.73. The van der Waals surface area contributed by atoms with Crippen molar-refractivity contribution in [2.45, 2.75) is 62.0 Å². The molecule has 1 aliphatic rings. The summed E-state index contributed by atoms with van der Waals surface area (Å²) in [6.45, 7) is -0.392. The number of carbonyl (C=O) groups excluding carboxylic acids is 2. The molecule has 9 heteroatoms. The molecule has 2 amide bonds. The van der Waals surface area contributed by atoms with E-state index in [2.05, 4.69) is 5.32 Å². The standard InChI is InChI=1S/C36H38ClN3O4S/c37-30-23-21-29(22-24-30)26-39(34(25-28-13-5-1-6-14-28)36(42)38-31-15-7-2-8-16-31)35(41)27-40(32-17-9-3-10-18-32)45(43,44)33-19-11-4-12-20-33/h1,3-6,9-14,17-24,31,34H,2,7-8,15-16,25-27H2,(H,38,42)/t34-/m0/s1. The van der Waals surface area contributed by atoms with Crippen LogP contribution in [0, 0.1) is 0 Å². The van der Waals surface area contributed by atoms with E-state index in [0.29, 0.717) is 10.7 Å². The molecule has 0 spiro atoms. The lowest BCUT2D eigenvalue weighted by Gasteiger charge is -2.35. The maximum atomic E-state index is 14.5. The molecular formula is C36H38ClN3O4S. The number of carbonyl (C=O) groups is 2. The minimum absolute atomic E-state index is 0.0382. The molecule has 0 unspecified atom stereocenters. The molecule has 7 nitrogen and oxygen atoms in total. The zero-order chi connectivity index (χ0) is 31.6. The van der Waals surface area contributed by atoms with E-state index >= 15 is 0 Å². The summed E-state index contributed by atoms with van der Waals surface area (Å²) in [5.41, 5.74) is 2.02. The van der Waals surface area contributed by atoms with E-state index in [4.69, 9.17) is 11.6 Å². The largest absolute Gasteiger partial charge is 0.352 e. The van der Waals surface area contributed by atoms with Crippen molar-refractivity contribution in [2.75, 3.05) is 10.8 Å². The van der Waals surface area contributed by atoms with E-state index in [1.54, 1.807) is 60.7 Å². The van der Waals surface area contributed by atoms with Gasteiger partial charge in [0.05, 0.1) is 10.6 Å². The third-order valence-corrected chi connectivity index (χ3v) is 10.2. The summed E-state index contributed by atoms with van der Waals surface area (Å²) in [5.74, 6) is -0.738. The number of anilines is 1. The number of sulfonamides is 1. The highest BCUT2D eigenvalue weighted by molar-refractivity contribution is 7.92. The SMILES string of the molecule is O=C(NC1CCCCC1)[C@H](Cc1ccccc1)N(Cc1ccc(Cl)cc1)C(=O)CN(c1ccccc1)S(=O)(=O)c1ccccc1. The van der Waals surface area contributed by atoms with Gasteiger partial charge in [-0.2, -0.15) is 0 Å². The number of para-hydroxylation sites is 1. The third kappa shape index (κ3) is 8.53. The van der Waals surface area contributed by atoms with Crippen LogP contribution in [0.2, 0.25) is 5.02 Å². The van der Waals surface area contributed by atoms with E-state index < -0.39 is 28.5 Å². The summed E-state index contributed by atoms with van der Waals surface area (Å²) in [6, 6.07) is 32.5. The van der Waals surface area contributed by atoms with Gasteiger partial charge in [0.25, 0.3) is 10.0 Å². The monoisotopic (exact) mass is 643 g/mol. The molecule has 5 rings (SSSR count). The van der Waals surface area contributed by atoms with Crippen LogP contribution >= 0.6 is 11.6 Å². The summed E-state index contributed by atoms with van der Waals surface area (Å²) in [4.78, 5) is 30.2. The molecule has 45 heavy (non-hydrogen) atoms. The number of rotatable bonds is 12. The van der Waals surface area contributed by atoms with Gasteiger partial charge in [-0.25, -0.2) is 8.42 Å². The first-order chi connectivity index (χ1) is 21.8. The van der Waals surface area contributed by atoms with Crippen molar-refractivity contribution in [3.05, 3.63) is 131 Å². The van der Waals surface area contributed by atoms with Crippen LogP contribution in [0.3, 0.4) is 0 Å². The van der Waals surface area contributed by atoms with E-state index in [-0.39, 0.29) is 29.8 Å². The Morgan fingerprint density at radius 3 is 1.96 bits per heavy atom. The van der Waals surface area contributed by atoms with Crippen LogP contribution in [0.1, 0.15) is 43.2 Å². The molecule has 1 aliphatic carbocycles. The van der Waals surface area contributed by atoms with Crippen LogP contribution in [0.15, 0.2) is 120 Å². The zero-order valence-electron chi connectivity index (χ0n) is 25.1. The first-order valence-electron chi connectivity index (χ1n) is 15.3. The van der Waals surface area contributed by atoms with Crippen molar-refractivity contribution < 1.29 is 18.0 Å². The fourth-order valence-corrected chi connectivity index (χ4v) is 7.29. The van der Waals surface area contributed by atoms with Crippen LogP contribution in [0.5, 0.6) is 0 Å². The highest BCUT2D eigenvalue weighted by Gasteiger charge is 2.35. The highest BCUT2D eigenvalue weighted by atomic mass is 35.5. The average Bonchev–Trinajstić information content (AvgIpc) is 3.07. The lowest BCUT2D eigenvalue weighted by atomic mass is 9.94. The Labute approximate surface area is 270 Å². The topological polar surface area (TPSA) is 86.8 Å². The first-order valence-corrected chi connectivity index (χ1v) is 17.1. The molecular weight excluding hydrogens is 606 g/mol. The molecule has 0 radical (unpaired) electrons. The number of halogens is 1. The Balaban J connectivity index is 1.54. The normalized spacial score (nSPS) is 14.3. The predicted molar refractivity (Wildman–Crippen MR) is 178 cm³/mol. The Hall–Kier alpha value is -4.14. The van der Waals surface area contributed by atoms with Gasteiger partial charge in [0.1, 0.15) is 12.6 Å². The molecule has 234 valence electrons. The summed E-state index contributed by atoms with van der Waals surface area (Å²) >= 11 is 6.17. The Kier molecular flexibility index (Phi) is 10.9. The molecule has 1 N–H and O–H groups in total. The van der Waals surface area contributed by atoms with Crippen molar-refractivity contribution >= 4 is 39.1 Å². The second-order valence-corrected chi connectivity index (χ2v) is 13.7.